The summed E-state index contributed by atoms with van der Waals surface area (Å²) >= 11 is 6.01. The molecule has 0 atom stereocenters. The second-order valence-electron chi connectivity index (χ2n) is 4.66. The van der Waals surface area contributed by atoms with E-state index in [0.717, 1.165) is 5.56 Å². The Morgan fingerprint density at radius 3 is 2.70 bits per heavy atom. The summed E-state index contributed by atoms with van der Waals surface area (Å²) in [6.07, 6.45) is 0. The van der Waals surface area contributed by atoms with Crippen LogP contribution in [0.5, 0.6) is 0 Å². The number of carbonyl (C=O) groups is 2. The summed E-state index contributed by atoms with van der Waals surface area (Å²) in [4.78, 5) is 25.6. The van der Waals surface area contributed by atoms with E-state index in [9.17, 15) is 9.59 Å². The maximum Gasteiger partial charge on any atom is 0.299 e. The second kappa shape index (κ2) is 4.45. The van der Waals surface area contributed by atoms with E-state index in [1.165, 1.54) is 4.90 Å². The highest BCUT2D eigenvalue weighted by molar-refractivity contribution is 6.55. The maximum absolute atomic E-state index is 12.1. The van der Waals surface area contributed by atoms with E-state index in [2.05, 4.69) is 5.16 Å². The van der Waals surface area contributed by atoms with Crippen LogP contribution in [0.4, 0.5) is 5.69 Å². The molecule has 1 aromatic carbocycles. The highest BCUT2D eigenvalue weighted by Crippen LogP contribution is 2.35. The van der Waals surface area contributed by atoms with Crippen LogP contribution < -0.4 is 4.90 Å². The lowest BCUT2D eigenvalue weighted by Crippen LogP contribution is -2.29. The number of amides is 1. The maximum atomic E-state index is 12.1. The van der Waals surface area contributed by atoms with Crippen molar-refractivity contribution < 1.29 is 14.1 Å². The smallest absolute Gasteiger partial charge is 0.299 e. The number of carbonyl (C=O) groups excluding carboxylic acids is 2. The van der Waals surface area contributed by atoms with E-state index in [-0.39, 0.29) is 12.1 Å². The van der Waals surface area contributed by atoms with E-state index >= 15 is 0 Å². The van der Waals surface area contributed by atoms with Gasteiger partial charge in [0.2, 0.25) is 0 Å². The van der Waals surface area contributed by atoms with Crippen LogP contribution in [0, 0.1) is 13.8 Å². The molecule has 1 aliphatic rings. The number of aromatic nitrogens is 1. The minimum atomic E-state index is -0.576. The molecule has 0 unspecified atom stereocenters. The van der Waals surface area contributed by atoms with Crippen LogP contribution in [0.2, 0.25) is 5.02 Å². The normalized spacial score (nSPS) is 14.1. The average Bonchev–Trinajstić information content (AvgIpc) is 2.85. The van der Waals surface area contributed by atoms with Gasteiger partial charge in [-0.15, -0.1) is 0 Å². The first-order chi connectivity index (χ1) is 9.50. The lowest BCUT2D eigenvalue weighted by atomic mass is 10.1. The molecule has 0 bridgehead atoms. The molecule has 1 aliphatic heterocycles. The summed E-state index contributed by atoms with van der Waals surface area (Å²) in [5, 5.41) is 4.15. The monoisotopic (exact) mass is 290 g/mol. The fraction of sp³-hybridized carbons (Fsp3) is 0.214. The standard InChI is InChI=1S/C14H11ClN2O3/c1-7-9(8(2)20-16-7)6-17-11-5-3-4-10(15)12(11)13(18)14(17)19/h3-5H,6H2,1-2H3. The number of fused-ring (bicyclic) bond motifs is 1. The van der Waals surface area contributed by atoms with Gasteiger partial charge in [-0.25, -0.2) is 0 Å². The molecule has 0 saturated heterocycles. The number of Topliss-reactive ketones (excluding diaryl/α,β-unsaturated/α-hetero) is 1. The molecule has 0 aliphatic carbocycles. The van der Waals surface area contributed by atoms with Crippen molar-refractivity contribution in [2.45, 2.75) is 20.4 Å². The van der Waals surface area contributed by atoms with E-state index in [0.29, 0.717) is 22.2 Å². The largest absolute Gasteiger partial charge is 0.361 e. The first-order valence-corrected chi connectivity index (χ1v) is 6.45. The summed E-state index contributed by atoms with van der Waals surface area (Å²) in [5.74, 6) is -0.510. The third-order valence-corrected chi connectivity index (χ3v) is 3.76. The lowest BCUT2D eigenvalue weighted by Gasteiger charge is -2.16. The van der Waals surface area contributed by atoms with Gasteiger partial charge >= 0.3 is 0 Å². The number of halogens is 1. The average molecular weight is 291 g/mol. The zero-order chi connectivity index (χ0) is 14.4. The molecule has 6 heteroatoms. The molecule has 102 valence electrons. The predicted octanol–water partition coefficient (Wildman–Crippen LogP) is 2.67. The van der Waals surface area contributed by atoms with Gasteiger partial charge in [-0.3, -0.25) is 9.59 Å². The summed E-state index contributed by atoms with van der Waals surface area (Å²) in [6.45, 7) is 3.82. The molecule has 0 N–H and O–H groups in total. The summed E-state index contributed by atoms with van der Waals surface area (Å²) < 4.78 is 5.08. The van der Waals surface area contributed by atoms with Crippen molar-refractivity contribution in [3.63, 3.8) is 0 Å². The topological polar surface area (TPSA) is 63.4 Å². The van der Waals surface area contributed by atoms with Crippen LogP contribution in [0.25, 0.3) is 0 Å². The van der Waals surface area contributed by atoms with Gasteiger partial charge in [0.15, 0.2) is 0 Å². The van der Waals surface area contributed by atoms with Crippen molar-refractivity contribution in [2.75, 3.05) is 4.90 Å². The number of ketones is 1. The van der Waals surface area contributed by atoms with Crippen LogP contribution in [0.15, 0.2) is 22.7 Å². The Morgan fingerprint density at radius 2 is 2.05 bits per heavy atom. The van der Waals surface area contributed by atoms with Gasteiger partial charge in [-0.1, -0.05) is 22.8 Å². The highest BCUT2D eigenvalue weighted by Gasteiger charge is 2.38. The van der Waals surface area contributed by atoms with Crippen LogP contribution in [0.1, 0.15) is 27.4 Å². The van der Waals surface area contributed by atoms with Gasteiger partial charge in [0.05, 0.1) is 28.5 Å². The molecule has 0 fully saturated rings. The summed E-state index contributed by atoms with van der Waals surface area (Å²) in [5.41, 5.74) is 2.32. The third-order valence-electron chi connectivity index (χ3n) is 3.45. The number of aryl methyl sites for hydroxylation is 2. The quantitative estimate of drug-likeness (QED) is 0.798. The van der Waals surface area contributed by atoms with Crippen LogP contribution in [-0.4, -0.2) is 16.8 Å². The Kier molecular flexibility index (Phi) is 2.87. The zero-order valence-electron chi connectivity index (χ0n) is 10.9. The van der Waals surface area contributed by atoms with Crippen LogP contribution in [-0.2, 0) is 11.3 Å². The fourth-order valence-corrected chi connectivity index (χ4v) is 2.60. The molecule has 0 radical (unpaired) electrons. The molecule has 0 spiro atoms. The van der Waals surface area contributed by atoms with Gasteiger partial charge < -0.3 is 9.42 Å². The summed E-state index contributed by atoms with van der Waals surface area (Å²) in [6, 6.07) is 5.03. The van der Waals surface area contributed by atoms with Gasteiger partial charge in [-0.2, -0.15) is 0 Å². The van der Waals surface area contributed by atoms with Gasteiger partial charge in [-0.05, 0) is 26.0 Å². The predicted molar refractivity (Wildman–Crippen MR) is 72.9 cm³/mol. The van der Waals surface area contributed by atoms with E-state index in [1.54, 1.807) is 32.0 Å². The minimum Gasteiger partial charge on any atom is -0.361 e. The van der Waals surface area contributed by atoms with E-state index in [4.69, 9.17) is 16.1 Å². The molecule has 2 heterocycles. The first-order valence-electron chi connectivity index (χ1n) is 6.07. The molecule has 3 rings (SSSR count). The number of hydrogen-bond acceptors (Lipinski definition) is 4. The molecule has 20 heavy (non-hydrogen) atoms. The van der Waals surface area contributed by atoms with Crippen molar-refractivity contribution >= 4 is 29.0 Å². The molecular weight excluding hydrogens is 280 g/mol. The van der Waals surface area contributed by atoms with E-state index in [1.807, 2.05) is 0 Å². The number of anilines is 1. The van der Waals surface area contributed by atoms with Crippen molar-refractivity contribution in [2.24, 2.45) is 0 Å². The van der Waals surface area contributed by atoms with Crippen LogP contribution >= 0.6 is 11.6 Å². The summed E-state index contributed by atoms with van der Waals surface area (Å²) in [7, 11) is 0. The van der Waals surface area contributed by atoms with Crippen molar-refractivity contribution in [1.29, 1.82) is 0 Å². The molecule has 2 aromatic rings. The SMILES string of the molecule is Cc1noc(C)c1CN1C(=O)C(=O)c2c(Cl)cccc21. The number of nitrogens with zero attached hydrogens (tertiary/aromatic N) is 2. The molecular formula is C14H11ClN2O3. The molecule has 1 amide bonds. The van der Waals surface area contributed by atoms with Crippen molar-refractivity contribution in [3.05, 3.63) is 45.8 Å². The molecule has 1 aromatic heterocycles. The van der Waals surface area contributed by atoms with Gasteiger partial charge in [0, 0.05) is 5.56 Å². The van der Waals surface area contributed by atoms with Crippen LogP contribution in [0.3, 0.4) is 0 Å². The highest BCUT2D eigenvalue weighted by atomic mass is 35.5. The van der Waals surface area contributed by atoms with Crippen molar-refractivity contribution in [3.8, 4) is 0 Å². The second-order valence-corrected chi connectivity index (χ2v) is 5.06. The zero-order valence-corrected chi connectivity index (χ0v) is 11.7. The number of hydrogen-bond donors (Lipinski definition) is 0. The Hall–Kier alpha value is -2.14. The first kappa shape index (κ1) is 12.9. The Bertz CT molecular complexity index is 717. The third kappa shape index (κ3) is 1.74. The Morgan fingerprint density at radius 1 is 1.30 bits per heavy atom. The lowest BCUT2D eigenvalue weighted by molar-refractivity contribution is -0.114. The van der Waals surface area contributed by atoms with Gasteiger partial charge in [0.1, 0.15) is 5.76 Å². The minimum absolute atomic E-state index is 0.249. The molecule has 5 nitrogen and oxygen atoms in total. The Labute approximate surface area is 120 Å². The van der Waals surface area contributed by atoms with Gasteiger partial charge in [0.25, 0.3) is 11.7 Å². The number of rotatable bonds is 2. The van der Waals surface area contributed by atoms with Crippen molar-refractivity contribution in [1.82, 2.24) is 5.16 Å². The Balaban J connectivity index is 2.07. The number of benzene rings is 1. The molecule has 0 saturated carbocycles. The fourth-order valence-electron chi connectivity index (χ4n) is 2.34. The van der Waals surface area contributed by atoms with E-state index < -0.39 is 11.7 Å².